The molecular weight excluding hydrogens is 264 g/mol. The third-order valence-corrected chi connectivity index (χ3v) is 3.38. The van der Waals surface area contributed by atoms with Gasteiger partial charge in [0.25, 0.3) is 0 Å². The van der Waals surface area contributed by atoms with Crippen LogP contribution in [0.15, 0.2) is 30.5 Å². The average Bonchev–Trinajstić information content (AvgIpc) is 2.76. The summed E-state index contributed by atoms with van der Waals surface area (Å²) in [5.41, 5.74) is 4.70. The Morgan fingerprint density at radius 1 is 1.47 bits per heavy atom. The lowest BCUT2D eigenvalue weighted by Crippen LogP contribution is -2.31. The quantitative estimate of drug-likeness (QED) is 0.648. The predicted molar refractivity (Wildman–Crippen MR) is 75.0 cm³/mol. The molecule has 1 aromatic carbocycles. The average molecular weight is 281 g/mol. The Bertz CT molecular complexity index is 536. The first-order valence-corrected chi connectivity index (χ1v) is 6.30. The molecule has 0 fully saturated rings. The third kappa shape index (κ3) is 2.89. The van der Waals surface area contributed by atoms with Crippen LogP contribution in [0.2, 0.25) is 5.02 Å². The van der Waals surface area contributed by atoms with Crippen LogP contribution in [0.5, 0.6) is 5.75 Å². The van der Waals surface area contributed by atoms with Crippen LogP contribution >= 0.6 is 11.6 Å². The van der Waals surface area contributed by atoms with Crippen LogP contribution < -0.4 is 16.0 Å². The number of benzene rings is 1. The molecule has 0 radical (unpaired) electrons. The van der Waals surface area contributed by atoms with E-state index in [0.717, 1.165) is 17.0 Å². The van der Waals surface area contributed by atoms with E-state index in [-0.39, 0.29) is 6.04 Å². The first kappa shape index (κ1) is 13.9. The Hall–Kier alpha value is -1.56. The molecule has 0 spiro atoms. The zero-order chi connectivity index (χ0) is 13.8. The van der Waals surface area contributed by atoms with Gasteiger partial charge in [-0.1, -0.05) is 29.8 Å². The molecule has 0 saturated carbocycles. The van der Waals surface area contributed by atoms with E-state index in [1.165, 1.54) is 0 Å². The van der Waals surface area contributed by atoms with Crippen molar-refractivity contribution >= 4 is 11.6 Å². The van der Waals surface area contributed by atoms with Gasteiger partial charge in [-0.25, -0.2) is 0 Å². The van der Waals surface area contributed by atoms with Crippen LogP contribution in [0, 0.1) is 0 Å². The van der Waals surface area contributed by atoms with Gasteiger partial charge in [0.15, 0.2) is 0 Å². The number of methoxy groups -OCH3 is 1. The molecule has 0 aliphatic heterocycles. The number of nitrogens with one attached hydrogen (secondary N) is 1. The molecule has 1 unspecified atom stereocenters. The molecule has 0 aliphatic rings. The van der Waals surface area contributed by atoms with Crippen molar-refractivity contribution in [3.63, 3.8) is 0 Å². The van der Waals surface area contributed by atoms with Crippen molar-refractivity contribution in [2.45, 2.75) is 12.5 Å². The van der Waals surface area contributed by atoms with Crippen LogP contribution in [0.4, 0.5) is 0 Å². The lowest BCUT2D eigenvalue weighted by atomic mass is 10.0. The zero-order valence-electron chi connectivity index (χ0n) is 10.9. The molecule has 6 heteroatoms. The standard InChI is InChI=1S/C13H17ClN4O/c1-18-13(10(14)8-16-18)11(17-15)7-9-5-3-4-6-12(9)19-2/h3-6,8,11,17H,7,15H2,1-2H3. The molecule has 2 aromatic rings. The topological polar surface area (TPSA) is 65.1 Å². The zero-order valence-corrected chi connectivity index (χ0v) is 11.7. The number of aryl methyl sites for hydroxylation is 1. The van der Waals surface area contributed by atoms with Crippen LogP contribution in [-0.2, 0) is 13.5 Å². The first-order valence-electron chi connectivity index (χ1n) is 5.92. The Kier molecular flexibility index (Phi) is 4.42. The van der Waals surface area contributed by atoms with E-state index in [1.54, 1.807) is 18.0 Å². The van der Waals surface area contributed by atoms with Gasteiger partial charge in [0, 0.05) is 7.05 Å². The minimum absolute atomic E-state index is 0.128. The molecule has 1 atom stereocenters. The smallest absolute Gasteiger partial charge is 0.122 e. The van der Waals surface area contributed by atoms with Gasteiger partial charge in [0.1, 0.15) is 5.75 Å². The van der Waals surface area contributed by atoms with Crippen molar-refractivity contribution in [2.75, 3.05) is 7.11 Å². The molecule has 2 rings (SSSR count). The number of hydrogen-bond acceptors (Lipinski definition) is 4. The SMILES string of the molecule is COc1ccccc1CC(NN)c1c(Cl)cnn1C. The summed E-state index contributed by atoms with van der Waals surface area (Å²) in [6, 6.07) is 7.71. The van der Waals surface area contributed by atoms with Crippen molar-refractivity contribution in [3.8, 4) is 5.75 Å². The van der Waals surface area contributed by atoms with E-state index < -0.39 is 0 Å². The molecule has 0 aliphatic carbocycles. The number of ether oxygens (including phenoxy) is 1. The molecule has 1 heterocycles. The van der Waals surface area contributed by atoms with Gasteiger partial charge in [0.05, 0.1) is 30.1 Å². The first-order chi connectivity index (χ1) is 9.17. The normalized spacial score (nSPS) is 12.4. The number of hydrogen-bond donors (Lipinski definition) is 2. The lowest BCUT2D eigenvalue weighted by Gasteiger charge is -2.18. The number of hydrazine groups is 1. The van der Waals surface area contributed by atoms with Gasteiger partial charge in [-0.05, 0) is 18.1 Å². The van der Waals surface area contributed by atoms with Gasteiger partial charge in [-0.15, -0.1) is 0 Å². The highest BCUT2D eigenvalue weighted by atomic mass is 35.5. The fourth-order valence-corrected chi connectivity index (χ4v) is 2.44. The summed E-state index contributed by atoms with van der Waals surface area (Å²) < 4.78 is 7.07. The summed E-state index contributed by atoms with van der Waals surface area (Å²) in [5, 5.41) is 4.72. The molecule has 0 bridgehead atoms. The predicted octanol–water partition coefficient (Wildman–Crippen LogP) is 1.83. The van der Waals surface area contributed by atoms with E-state index in [0.29, 0.717) is 11.4 Å². The van der Waals surface area contributed by atoms with Gasteiger partial charge < -0.3 is 4.74 Å². The van der Waals surface area contributed by atoms with Gasteiger partial charge in [-0.3, -0.25) is 16.0 Å². The summed E-state index contributed by atoms with van der Waals surface area (Å²) in [6.07, 6.45) is 2.28. The molecule has 0 amide bonds. The summed E-state index contributed by atoms with van der Waals surface area (Å²) in [7, 11) is 3.49. The molecule has 3 N–H and O–H groups in total. The highest BCUT2D eigenvalue weighted by Gasteiger charge is 2.19. The Labute approximate surface area is 117 Å². The number of halogens is 1. The molecule has 5 nitrogen and oxygen atoms in total. The summed E-state index contributed by atoms with van der Waals surface area (Å²) in [6.45, 7) is 0. The van der Waals surface area contributed by atoms with Gasteiger partial charge >= 0.3 is 0 Å². The second-order valence-electron chi connectivity index (χ2n) is 4.24. The Balaban J connectivity index is 2.29. The maximum atomic E-state index is 6.15. The van der Waals surface area contributed by atoms with E-state index in [2.05, 4.69) is 10.5 Å². The van der Waals surface area contributed by atoms with E-state index in [4.69, 9.17) is 22.2 Å². The van der Waals surface area contributed by atoms with Crippen LogP contribution in [0.3, 0.4) is 0 Å². The second kappa shape index (κ2) is 6.06. The number of rotatable bonds is 5. The number of nitrogens with two attached hydrogens (primary N) is 1. The summed E-state index contributed by atoms with van der Waals surface area (Å²) in [5.74, 6) is 6.48. The summed E-state index contributed by atoms with van der Waals surface area (Å²) in [4.78, 5) is 0. The second-order valence-corrected chi connectivity index (χ2v) is 4.64. The van der Waals surface area contributed by atoms with Crippen molar-refractivity contribution in [2.24, 2.45) is 12.9 Å². The van der Waals surface area contributed by atoms with Crippen LogP contribution in [-0.4, -0.2) is 16.9 Å². The Morgan fingerprint density at radius 2 is 2.21 bits per heavy atom. The third-order valence-electron chi connectivity index (χ3n) is 3.09. The largest absolute Gasteiger partial charge is 0.496 e. The highest BCUT2D eigenvalue weighted by molar-refractivity contribution is 6.31. The van der Waals surface area contributed by atoms with E-state index in [9.17, 15) is 0 Å². The van der Waals surface area contributed by atoms with Gasteiger partial charge in [0.2, 0.25) is 0 Å². The molecule has 19 heavy (non-hydrogen) atoms. The van der Waals surface area contributed by atoms with E-state index in [1.807, 2.05) is 31.3 Å². The number of aromatic nitrogens is 2. The monoisotopic (exact) mass is 280 g/mol. The van der Waals surface area contributed by atoms with Crippen molar-refractivity contribution < 1.29 is 4.74 Å². The molecule has 0 saturated heterocycles. The van der Waals surface area contributed by atoms with Crippen LogP contribution in [0.25, 0.3) is 0 Å². The maximum absolute atomic E-state index is 6.15. The van der Waals surface area contributed by atoms with Crippen molar-refractivity contribution in [3.05, 3.63) is 46.7 Å². The molecule has 102 valence electrons. The maximum Gasteiger partial charge on any atom is 0.122 e. The minimum atomic E-state index is -0.128. The lowest BCUT2D eigenvalue weighted by molar-refractivity contribution is 0.404. The van der Waals surface area contributed by atoms with Gasteiger partial charge in [-0.2, -0.15) is 5.10 Å². The fraction of sp³-hybridized carbons (Fsp3) is 0.308. The number of para-hydroxylation sites is 1. The van der Waals surface area contributed by atoms with Crippen molar-refractivity contribution in [1.29, 1.82) is 0 Å². The van der Waals surface area contributed by atoms with E-state index >= 15 is 0 Å². The molecular formula is C13H17ClN4O. The highest BCUT2D eigenvalue weighted by Crippen LogP contribution is 2.28. The van der Waals surface area contributed by atoms with Crippen LogP contribution in [0.1, 0.15) is 17.3 Å². The molecule has 1 aromatic heterocycles. The minimum Gasteiger partial charge on any atom is -0.496 e. The Morgan fingerprint density at radius 3 is 2.79 bits per heavy atom. The number of nitrogens with zero attached hydrogens (tertiary/aromatic N) is 2. The summed E-state index contributed by atoms with van der Waals surface area (Å²) >= 11 is 6.15. The van der Waals surface area contributed by atoms with Crippen molar-refractivity contribution in [1.82, 2.24) is 15.2 Å². The fourth-order valence-electron chi connectivity index (χ4n) is 2.14.